The number of hydrogen-bond acceptors (Lipinski definition) is 3. The van der Waals surface area contributed by atoms with E-state index in [0.29, 0.717) is 12.1 Å². The topological polar surface area (TPSA) is 33.1 Å². The molecule has 20 heavy (non-hydrogen) atoms. The van der Waals surface area contributed by atoms with Crippen molar-refractivity contribution in [1.29, 1.82) is 0 Å². The highest BCUT2D eigenvalue weighted by Gasteiger charge is 2.36. The van der Waals surface area contributed by atoms with Crippen LogP contribution < -0.4 is 5.32 Å². The summed E-state index contributed by atoms with van der Waals surface area (Å²) < 4.78 is 1.96. The number of halogens is 1. The first kappa shape index (κ1) is 14.4. The van der Waals surface area contributed by atoms with Gasteiger partial charge < -0.3 is 5.32 Å². The average molecular weight is 297 g/mol. The molecule has 1 saturated carbocycles. The predicted molar refractivity (Wildman–Crippen MR) is 82.0 cm³/mol. The van der Waals surface area contributed by atoms with Gasteiger partial charge in [-0.3, -0.25) is 9.58 Å². The maximum absolute atomic E-state index is 6.48. The third-order valence-corrected chi connectivity index (χ3v) is 5.21. The first-order valence-corrected chi connectivity index (χ1v) is 8.15. The lowest BCUT2D eigenvalue weighted by molar-refractivity contribution is 0.122. The van der Waals surface area contributed by atoms with Gasteiger partial charge in [0.25, 0.3) is 0 Å². The second-order valence-electron chi connectivity index (χ2n) is 6.32. The fourth-order valence-electron chi connectivity index (χ4n) is 3.17. The number of nitrogens with zero attached hydrogens (tertiary/aromatic N) is 3. The summed E-state index contributed by atoms with van der Waals surface area (Å²) in [6, 6.07) is 1.23. The van der Waals surface area contributed by atoms with Gasteiger partial charge in [-0.25, -0.2) is 0 Å². The molecule has 1 aromatic rings. The van der Waals surface area contributed by atoms with Gasteiger partial charge >= 0.3 is 0 Å². The summed E-state index contributed by atoms with van der Waals surface area (Å²) in [5.41, 5.74) is 2.18. The van der Waals surface area contributed by atoms with E-state index in [1.807, 2.05) is 11.7 Å². The van der Waals surface area contributed by atoms with E-state index in [9.17, 15) is 0 Å². The van der Waals surface area contributed by atoms with E-state index >= 15 is 0 Å². The Bertz CT molecular complexity index is 480. The van der Waals surface area contributed by atoms with Gasteiger partial charge in [-0.1, -0.05) is 18.5 Å². The van der Waals surface area contributed by atoms with E-state index in [0.717, 1.165) is 48.4 Å². The molecule has 112 valence electrons. The van der Waals surface area contributed by atoms with Gasteiger partial charge in [0, 0.05) is 38.8 Å². The first-order chi connectivity index (χ1) is 9.60. The fraction of sp³-hybridized carbons (Fsp3) is 0.800. The number of piperazine rings is 1. The zero-order valence-electron chi connectivity index (χ0n) is 12.7. The van der Waals surface area contributed by atoms with Gasteiger partial charge in [0.15, 0.2) is 0 Å². The molecule has 1 aromatic heterocycles. The van der Waals surface area contributed by atoms with Crippen LogP contribution in [0.15, 0.2) is 0 Å². The zero-order chi connectivity index (χ0) is 14.3. The van der Waals surface area contributed by atoms with Crippen LogP contribution in [0.3, 0.4) is 0 Å². The van der Waals surface area contributed by atoms with Crippen LogP contribution in [0.5, 0.6) is 0 Å². The van der Waals surface area contributed by atoms with Crippen molar-refractivity contribution in [1.82, 2.24) is 20.0 Å². The molecule has 0 aromatic carbocycles. The van der Waals surface area contributed by atoms with E-state index in [1.165, 1.54) is 12.8 Å². The van der Waals surface area contributed by atoms with Crippen molar-refractivity contribution >= 4 is 11.6 Å². The van der Waals surface area contributed by atoms with Gasteiger partial charge in [0.05, 0.1) is 16.4 Å². The molecule has 0 spiro atoms. The lowest BCUT2D eigenvalue weighted by Gasteiger charge is -2.39. The van der Waals surface area contributed by atoms with Crippen molar-refractivity contribution in [3.63, 3.8) is 0 Å². The van der Waals surface area contributed by atoms with E-state index in [4.69, 9.17) is 11.6 Å². The SMILES string of the molecule is CCc1nn(C)c(CN2CC(C3CC3)NCC2C)c1Cl. The molecule has 2 heterocycles. The van der Waals surface area contributed by atoms with Crippen LogP contribution in [-0.2, 0) is 20.0 Å². The molecule has 2 fully saturated rings. The number of aryl methyl sites for hydroxylation is 2. The summed E-state index contributed by atoms with van der Waals surface area (Å²) >= 11 is 6.48. The Morgan fingerprint density at radius 3 is 2.75 bits per heavy atom. The maximum Gasteiger partial charge on any atom is 0.0863 e. The van der Waals surface area contributed by atoms with Crippen LogP contribution in [0.1, 0.15) is 38.1 Å². The molecule has 1 aliphatic carbocycles. The summed E-state index contributed by atoms with van der Waals surface area (Å²) in [6.45, 7) is 7.52. The number of aromatic nitrogens is 2. The van der Waals surface area contributed by atoms with Crippen molar-refractivity contribution in [2.45, 2.75) is 51.7 Å². The third-order valence-electron chi connectivity index (χ3n) is 4.78. The minimum absolute atomic E-state index is 0.557. The Morgan fingerprint density at radius 2 is 2.15 bits per heavy atom. The second kappa shape index (κ2) is 5.66. The summed E-state index contributed by atoms with van der Waals surface area (Å²) in [7, 11) is 2.01. The van der Waals surface area contributed by atoms with Crippen LogP contribution in [0.4, 0.5) is 0 Å². The maximum atomic E-state index is 6.48. The standard InChI is InChI=1S/C15H25ClN4/c1-4-12-15(16)14(19(3)18-12)9-20-8-13(11-5-6-11)17-7-10(20)2/h10-11,13,17H,4-9H2,1-3H3. The molecular formula is C15H25ClN4. The third kappa shape index (κ3) is 2.74. The molecule has 1 aliphatic heterocycles. The summed E-state index contributed by atoms with van der Waals surface area (Å²) in [4.78, 5) is 2.56. The lowest BCUT2D eigenvalue weighted by Crippen LogP contribution is -2.55. The van der Waals surface area contributed by atoms with E-state index in [2.05, 4.69) is 29.2 Å². The monoisotopic (exact) mass is 296 g/mol. The van der Waals surface area contributed by atoms with Crippen LogP contribution in [0.2, 0.25) is 5.02 Å². The van der Waals surface area contributed by atoms with Crippen LogP contribution >= 0.6 is 11.6 Å². The normalized spacial score (nSPS) is 28.0. The van der Waals surface area contributed by atoms with Crippen LogP contribution in [0.25, 0.3) is 0 Å². The highest BCUT2D eigenvalue weighted by molar-refractivity contribution is 6.31. The Labute approximate surface area is 126 Å². The molecule has 5 heteroatoms. The minimum atomic E-state index is 0.557. The van der Waals surface area contributed by atoms with Gasteiger partial charge in [0.1, 0.15) is 0 Å². The molecule has 0 radical (unpaired) electrons. The van der Waals surface area contributed by atoms with E-state index in [-0.39, 0.29) is 0 Å². The summed E-state index contributed by atoms with van der Waals surface area (Å²) in [5, 5.41) is 9.09. The Kier molecular flexibility index (Phi) is 4.07. The first-order valence-electron chi connectivity index (χ1n) is 7.77. The second-order valence-corrected chi connectivity index (χ2v) is 6.69. The number of rotatable bonds is 4. The number of nitrogens with one attached hydrogen (secondary N) is 1. The lowest BCUT2D eigenvalue weighted by atomic mass is 10.1. The zero-order valence-corrected chi connectivity index (χ0v) is 13.5. The van der Waals surface area contributed by atoms with E-state index < -0.39 is 0 Å². The smallest absolute Gasteiger partial charge is 0.0863 e. The van der Waals surface area contributed by atoms with Crippen molar-refractivity contribution in [2.75, 3.05) is 13.1 Å². The largest absolute Gasteiger partial charge is 0.311 e. The molecule has 1 N–H and O–H groups in total. The van der Waals surface area contributed by atoms with Gasteiger partial charge in [0.2, 0.25) is 0 Å². The van der Waals surface area contributed by atoms with Crippen molar-refractivity contribution in [2.24, 2.45) is 13.0 Å². The van der Waals surface area contributed by atoms with Gasteiger partial charge in [-0.15, -0.1) is 0 Å². The van der Waals surface area contributed by atoms with Crippen LogP contribution in [0, 0.1) is 5.92 Å². The number of hydrogen-bond donors (Lipinski definition) is 1. The van der Waals surface area contributed by atoms with Gasteiger partial charge in [-0.05, 0) is 32.1 Å². The van der Waals surface area contributed by atoms with Crippen LogP contribution in [-0.4, -0.2) is 39.9 Å². The molecule has 3 rings (SSSR count). The quantitative estimate of drug-likeness (QED) is 0.925. The molecule has 0 amide bonds. The Morgan fingerprint density at radius 1 is 1.40 bits per heavy atom. The Balaban J connectivity index is 1.73. The fourth-order valence-corrected chi connectivity index (χ4v) is 3.52. The summed E-state index contributed by atoms with van der Waals surface area (Å²) in [5.74, 6) is 0.901. The summed E-state index contributed by atoms with van der Waals surface area (Å²) in [6.07, 6.45) is 3.69. The molecule has 0 bridgehead atoms. The van der Waals surface area contributed by atoms with Gasteiger partial charge in [-0.2, -0.15) is 5.10 Å². The molecule has 2 atom stereocenters. The highest BCUT2D eigenvalue weighted by Crippen LogP contribution is 2.34. The van der Waals surface area contributed by atoms with E-state index in [1.54, 1.807) is 0 Å². The molecule has 4 nitrogen and oxygen atoms in total. The molecular weight excluding hydrogens is 272 g/mol. The highest BCUT2D eigenvalue weighted by atomic mass is 35.5. The minimum Gasteiger partial charge on any atom is -0.311 e. The van der Waals surface area contributed by atoms with Crippen molar-refractivity contribution in [3.8, 4) is 0 Å². The molecule has 2 unspecified atom stereocenters. The molecule has 2 aliphatic rings. The average Bonchev–Trinajstić information content (AvgIpc) is 3.23. The molecule has 1 saturated heterocycles. The van der Waals surface area contributed by atoms with Crippen molar-refractivity contribution in [3.05, 3.63) is 16.4 Å². The Hall–Kier alpha value is -0.580. The van der Waals surface area contributed by atoms with Crippen molar-refractivity contribution < 1.29 is 0 Å². The predicted octanol–water partition coefficient (Wildman–Crippen LogP) is 2.21.